The number of thiol groups is 1. The molecular weight excluding hydrogens is 134 g/mol. The van der Waals surface area contributed by atoms with Crippen LogP contribution in [-0.2, 0) is 0 Å². The fraction of sp³-hybridized carbons (Fsp3) is 1.00. The first-order valence-electron chi connectivity index (χ1n) is 1.80. The zero-order chi connectivity index (χ0) is 5.21. The maximum absolute atomic E-state index is 8.47. The molecule has 3 N–H and O–H groups in total. The van der Waals surface area contributed by atoms with Crippen molar-refractivity contribution in [3.63, 3.8) is 0 Å². The minimum absolute atomic E-state index is 0. The molecule has 1 unspecified atom stereocenters. The maximum Gasteiger partial charge on any atom is 0.158 e. The van der Waals surface area contributed by atoms with Gasteiger partial charge in [0.15, 0.2) is 5.06 Å². The topological polar surface area (TPSA) is 46.2 Å². The Hall–Kier alpha value is 0.560. The summed E-state index contributed by atoms with van der Waals surface area (Å²) in [6.07, 6.45) is 0.468. The Kier molecular flexibility index (Phi) is 5.33. The van der Waals surface area contributed by atoms with Crippen LogP contribution in [0.15, 0.2) is 0 Å². The minimum Gasteiger partial charge on any atom is -0.367 e. The SMILES string of the molecule is CCC(N)(O)S.Cl. The molecule has 0 rings (SSSR count). The highest BCUT2D eigenvalue weighted by Gasteiger charge is 2.07. The first-order valence-corrected chi connectivity index (χ1v) is 2.24. The second kappa shape index (κ2) is 3.55. The van der Waals surface area contributed by atoms with Gasteiger partial charge in [0, 0.05) is 0 Å². The molecule has 0 amide bonds. The van der Waals surface area contributed by atoms with Gasteiger partial charge in [-0.1, -0.05) is 6.92 Å². The summed E-state index contributed by atoms with van der Waals surface area (Å²) in [4.78, 5) is 0. The summed E-state index contributed by atoms with van der Waals surface area (Å²) in [5, 5.41) is 7.20. The molecule has 2 nitrogen and oxygen atoms in total. The van der Waals surface area contributed by atoms with Crippen molar-refractivity contribution >= 4 is 25.0 Å². The van der Waals surface area contributed by atoms with Crippen LogP contribution in [0.5, 0.6) is 0 Å². The third-order valence-corrected chi connectivity index (χ3v) is 0.837. The molecule has 7 heavy (non-hydrogen) atoms. The van der Waals surface area contributed by atoms with E-state index in [9.17, 15) is 0 Å². The van der Waals surface area contributed by atoms with Gasteiger partial charge in [0.2, 0.25) is 0 Å². The summed E-state index contributed by atoms with van der Waals surface area (Å²) in [5.74, 6) is 0. The van der Waals surface area contributed by atoms with Crippen molar-refractivity contribution in [3.8, 4) is 0 Å². The molecule has 0 radical (unpaired) electrons. The number of halogens is 1. The summed E-state index contributed by atoms with van der Waals surface area (Å²) in [6, 6.07) is 0. The molecule has 0 saturated heterocycles. The lowest BCUT2D eigenvalue weighted by atomic mass is 10.4. The first kappa shape index (κ1) is 10.5. The second-order valence-electron chi connectivity index (χ2n) is 1.23. The van der Waals surface area contributed by atoms with Crippen LogP contribution in [0.4, 0.5) is 0 Å². The highest BCUT2D eigenvalue weighted by molar-refractivity contribution is 7.81. The van der Waals surface area contributed by atoms with Gasteiger partial charge >= 0.3 is 0 Å². The lowest BCUT2D eigenvalue weighted by Gasteiger charge is -2.10. The van der Waals surface area contributed by atoms with Gasteiger partial charge in [-0.05, 0) is 6.42 Å². The van der Waals surface area contributed by atoms with Gasteiger partial charge in [-0.2, -0.15) is 0 Å². The lowest BCUT2D eigenvalue weighted by Crippen LogP contribution is -2.30. The number of nitrogens with two attached hydrogens (primary N) is 1. The van der Waals surface area contributed by atoms with E-state index in [4.69, 9.17) is 10.8 Å². The van der Waals surface area contributed by atoms with Crippen molar-refractivity contribution in [2.45, 2.75) is 18.4 Å². The summed E-state index contributed by atoms with van der Waals surface area (Å²) < 4.78 is 0. The predicted octanol–water partition coefficient (Wildman–Crippen LogP) is 0.353. The smallest absolute Gasteiger partial charge is 0.158 e. The summed E-state index contributed by atoms with van der Waals surface area (Å²) in [5.41, 5.74) is 4.95. The third-order valence-electron chi connectivity index (χ3n) is 0.520. The molecule has 0 bridgehead atoms. The Labute approximate surface area is 54.9 Å². The van der Waals surface area contributed by atoms with Crippen LogP contribution in [0.25, 0.3) is 0 Å². The number of aliphatic hydroxyl groups is 1. The normalized spacial score (nSPS) is 17.1. The Morgan fingerprint density at radius 1 is 1.86 bits per heavy atom. The average Bonchev–Trinajstić information content (AvgIpc) is 1.35. The van der Waals surface area contributed by atoms with Gasteiger partial charge < -0.3 is 5.11 Å². The predicted molar refractivity (Wildman–Crippen MR) is 35.7 cm³/mol. The van der Waals surface area contributed by atoms with Gasteiger partial charge in [0.25, 0.3) is 0 Å². The monoisotopic (exact) mass is 143 g/mol. The van der Waals surface area contributed by atoms with E-state index in [1.807, 2.05) is 0 Å². The maximum atomic E-state index is 8.47. The van der Waals surface area contributed by atoms with Crippen LogP contribution in [0.1, 0.15) is 13.3 Å². The van der Waals surface area contributed by atoms with Crippen LogP contribution in [-0.4, -0.2) is 10.2 Å². The van der Waals surface area contributed by atoms with E-state index in [1.165, 1.54) is 0 Å². The molecule has 0 aromatic rings. The van der Waals surface area contributed by atoms with E-state index in [1.54, 1.807) is 6.92 Å². The van der Waals surface area contributed by atoms with Crippen molar-refractivity contribution in [1.82, 2.24) is 0 Å². The van der Waals surface area contributed by atoms with Crippen molar-refractivity contribution in [3.05, 3.63) is 0 Å². The molecular formula is C3H10ClNOS. The van der Waals surface area contributed by atoms with E-state index in [2.05, 4.69) is 12.6 Å². The molecule has 0 aromatic carbocycles. The van der Waals surface area contributed by atoms with Gasteiger partial charge in [0.1, 0.15) is 0 Å². The van der Waals surface area contributed by atoms with Crippen molar-refractivity contribution in [2.24, 2.45) is 5.73 Å². The quantitative estimate of drug-likeness (QED) is 0.367. The Morgan fingerprint density at radius 2 is 2.00 bits per heavy atom. The first-order chi connectivity index (χ1) is 2.56. The molecule has 46 valence electrons. The molecule has 0 saturated carbocycles. The summed E-state index contributed by atoms with van der Waals surface area (Å²) in [6.45, 7) is 1.76. The summed E-state index contributed by atoms with van der Waals surface area (Å²) >= 11 is 3.59. The van der Waals surface area contributed by atoms with Crippen molar-refractivity contribution in [1.29, 1.82) is 0 Å². The molecule has 4 heteroatoms. The molecule has 0 spiro atoms. The van der Waals surface area contributed by atoms with Gasteiger partial charge in [-0.3, -0.25) is 5.73 Å². The molecule has 0 heterocycles. The number of rotatable bonds is 1. The average molecular weight is 144 g/mol. The third kappa shape index (κ3) is 10.8. The zero-order valence-corrected chi connectivity index (χ0v) is 5.80. The lowest BCUT2D eigenvalue weighted by molar-refractivity contribution is 0.143. The summed E-state index contributed by atoms with van der Waals surface area (Å²) in [7, 11) is 0. The van der Waals surface area contributed by atoms with Crippen LogP contribution in [0.2, 0.25) is 0 Å². The van der Waals surface area contributed by atoms with E-state index in [-0.39, 0.29) is 12.4 Å². The van der Waals surface area contributed by atoms with Crippen LogP contribution >= 0.6 is 25.0 Å². The fourth-order valence-electron chi connectivity index (χ4n) is 0. The largest absolute Gasteiger partial charge is 0.367 e. The zero-order valence-electron chi connectivity index (χ0n) is 4.09. The molecule has 1 atom stereocenters. The van der Waals surface area contributed by atoms with Gasteiger partial charge in [-0.15, -0.1) is 25.0 Å². The highest BCUT2D eigenvalue weighted by Crippen LogP contribution is 2.03. The fourth-order valence-corrected chi connectivity index (χ4v) is 0. The minimum atomic E-state index is -1.26. The molecule has 0 aliphatic rings. The molecule has 0 aliphatic carbocycles. The standard InChI is InChI=1S/C3H9NOS.ClH/c1-2-3(4,5)6;/h5-6H,2,4H2,1H3;1H. The van der Waals surface area contributed by atoms with E-state index < -0.39 is 5.06 Å². The highest BCUT2D eigenvalue weighted by atomic mass is 35.5. The van der Waals surface area contributed by atoms with Crippen molar-refractivity contribution in [2.75, 3.05) is 0 Å². The second-order valence-corrected chi connectivity index (χ2v) is 2.01. The van der Waals surface area contributed by atoms with Crippen LogP contribution < -0.4 is 5.73 Å². The number of hydrogen-bond donors (Lipinski definition) is 3. The van der Waals surface area contributed by atoms with E-state index in [0.29, 0.717) is 6.42 Å². The number of hydrogen-bond acceptors (Lipinski definition) is 3. The Bertz CT molecular complexity index is 44.7. The molecule has 0 fully saturated rings. The van der Waals surface area contributed by atoms with Crippen LogP contribution in [0, 0.1) is 0 Å². The van der Waals surface area contributed by atoms with E-state index >= 15 is 0 Å². The molecule has 0 aromatic heterocycles. The Balaban J connectivity index is 0. The van der Waals surface area contributed by atoms with Crippen molar-refractivity contribution < 1.29 is 5.11 Å². The van der Waals surface area contributed by atoms with Crippen LogP contribution in [0.3, 0.4) is 0 Å². The van der Waals surface area contributed by atoms with Gasteiger partial charge in [0.05, 0.1) is 0 Å². The molecule has 0 aliphatic heterocycles. The van der Waals surface area contributed by atoms with Gasteiger partial charge in [-0.25, -0.2) is 0 Å². The Morgan fingerprint density at radius 3 is 2.00 bits per heavy atom. The van der Waals surface area contributed by atoms with E-state index in [0.717, 1.165) is 0 Å².